The zero-order chi connectivity index (χ0) is 16.2. The smallest absolute Gasteiger partial charge is 0.354 e. The lowest BCUT2D eigenvalue weighted by Gasteiger charge is -2.16. The molecule has 0 bridgehead atoms. The molecule has 1 aromatic heterocycles. The van der Waals surface area contributed by atoms with Gasteiger partial charge in [-0.05, 0) is 13.8 Å². The normalized spacial score (nSPS) is 27.9. The molecule has 0 saturated carbocycles. The van der Waals surface area contributed by atoms with Crippen LogP contribution in [0.3, 0.4) is 0 Å². The molecule has 0 spiro atoms. The van der Waals surface area contributed by atoms with Crippen molar-refractivity contribution in [2.75, 3.05) is 12.3 Å². The van der Waals surface area contributed by atoms with Gasteiger partial charge in [0.15, 0.2) is 6.23 Å². The van der Waals surface area contributed by atoms with Crippen LogP contribution in [0.25, 0.3) is 0 Å². The molecular weight excluding hydrogens is 284 g/mol. The highest BCUT2D eigenvalue weighted by Gasteiger charge is 2.43. The van der Waals surface area contributed by atoms with Crippen LogP contribution in [0, 0.1) is 0 Å². The summed E-state index contributed by atoms with van der Waals surface area (Å²) in [4.78, 5) is 27.9. The standard InChI is InChI=1S/C8H12N4O5.C3H6O/c9-7-10-2-12(8(16)11-7)6-5(15)4(14)3(1-13)17-6;1-3(2)4/h2-6,13-15H,1H2,(H2,9,11,16);1-2H3/t3-,4-,5-,6-;/m1./s1. The molecule has 0 unspecified atom stereocenters. The highest BCUT2D eigenvalue weighted by Crippen LogP contribution is 2.27. The molecule has 0 radical (unpaired) electrons. The molecular formula is C11H18N4O6. The number of nitrogens with two attached hydrogens (primary N) is 1. The zero-order valence-electron chi connectivity index (χ0n) is 11.6. The van der Waals surface area contributed by atoms with Gasteiger partial charge in [0, 0.05) is 0 Å². The largest absolute Gasteiger partial charge is 0.394 e. The van der Waals surface area contributed by atoms with Crippen molar-refractivity contribution < 1.29 is 24.9 Å². The average molecular weight is 302 g/mol. The van der Waals surface area contributed by atoms with Crippen molar-refractivity contribution in [3.63, 3.8) is 0 Å². The Morgan fingerprint density at radius 1 is 1.43 bits per heavy atom. The molecule has 10 heteroatoms. The number of anilines is 1. The molecule has 10 nitrogen and oxygen atoms in total. The molecule has 2 rings (SSSR count). The molecule has 5 N–H and O–H groups in total. The van der Waals surface area contributed by atoms with Gasteiger partial charge in [0.1, 0.15) is 30.4 Å². The van der Waals surface area contributed by atoms with Crippen LogP contribution < -0.4 is 11.4 Å². The third-order valence-corrected chi connectivity index (χ3v) is 2.54. The maximum atomic E-state index is 11.5. The number of nitrogens with zero attached hydrogens (tertiary/aromatic N) is 3. The molecule has 21 heavy (non-hydrogen) atoms. The quantitative estimate of drug-likeness (QED) is 0.460. The van der Waals surface area contributed by atoms with Gasteiger partial charge in [-0.2, -0.15) is 4.98 Å². The summed E-state index contributed by atoms with van der Waals surface area (Å²) in [5.41, 5.74) is 4.46. The summed E-state index contributed by atoms with van der Waals surface area (Å²) in [7, 11) is 0. The Balaban J connectivity index is 0.000000491. The number of aromatic nitrogens is 3. The van der Waals surface area contributed by atoms with E-state index in [-0.39, 0.29) is 11.7 Å². The predicted octanol–water partition coefficient (Wildman–Crippen LogP) is -2.57. The van der Waals surface area contributed by atoms with Gasteiger partial charge in [-0.1, -0.05) is 0 Å². The number of rotatable bonds is 2. The minimum absolute atomic E-state index is 0.167. The Bertz CT molecular complexity index is 544. The van der Waals surface area contributed by atoms with Crippen LogP contribution in [0.5, 0.6) is 0 Å². The highest BCUT2D eigenvalue weighted by molar-refractivity contribution is 5.72. The number of hydrogen-bond donors (Lipinski definition) is 4. The summed E-state index contributed by atoms with van der Waals surface area (Å²) in [6.07, 6.45) is -3.67. The van der Waals surface area contributed by atoms with Crippen molar-refractivity contribution in [3.8, 4) is 0 Å². The minimum Gasteiger partial charge on any atom is -0.394 e. The fourth-order valence-corrected chi connectivity index (χ4v) is 1.64. The Labute approximate surface area is 119 Å². The van der Waals surface area contributed by atoms with Crippen LogP contribution in [-0.2, 0) is 9.53 Å². The number of aliphatic hydroxyl groups excluding tert-OH is 3. The lowest BCUT2D eigenvalue weighted by Crippen LogP contribution is -2.36. The molecule has 0 amide bonds. The van der Waals surface area contributed by atoms with Gasteiger partial charge in [0.2, 0.25) is 5.95 Å². The van der Waals surface area contributed by atoms with E-state index in [1.165, 1.54) is 13.8 Å². The summed E-state index contributed by atoms with van der Waals surface area (Å²) >= 11 is 0. The summed E-state index contributed by atoms with van der Waals surface area (Å²) in [6.45, 7) is 2.58. The van der Waals surface area contributed by atoms with E-state index in [0.717, 1.165) is 10.9 Å². The number of ether oxygens (including phenoxy) is 1. The monoisotopic (exact) mass is 302 g/mol. The number of hydrogen-bond acceptors (Lipinski definition) is 9. The van der Waals surface area contributed by atoms with E-state index < -0.39 is 36.8 Å². The van der Waals surface area contributed by atoms with Gasteiger partial charge < -0.3 is 30.6 Å². The third kappa shape index (κ3) is 4.29. The summed E-state index contributed by atoms with van der Waals surface area (Å²) in [5.74, 6) is -0.0296. The maximum Gasteiger partial charge on any atom is 0.354 e. The van der Waals surface area contributed by atoms with E-state index in [1.54, 1.807) is 0 Å². The van der Waals surface area contributed by atoms with Gasteiger partial charge in [-0.3, -0.25) is 4.57 Å². The number of aliphatic hydroxyl groups is 3. The first-order valence-corrected chi connectivity index (χ1v) is 6.08. The molecule has 1 aromatic rings. The lowest BCUT2D eigenvalue weighted by atomic mass is 10.1. The first-order valence-electron chi connectivity index (χ1n) is 6.08. The Hall–Kier alpha value is -1.88. The van der Waals surface area contributed by atoms with Crippen molar-refractivity contribution in [1.29, 1.82) is 0 Å². The predicted molar refractivity (Wildman–Crippen MR) is 70.1 cm³/mol. The maximum absolute atomic E-state index is 11.5. The topological polar surface area (TPSA) is 161 Å². The Morgan fingerprint density at radius 3 is 2.43 bits per heavy atom. The summed E-state index contributed by atoms with van der Waals surface area (Å²) in [5, 5.41) is 28.1. The lowest BCUT2D eigenvalue weighted by molar-refractivity contribution is -0.114. The minimum atomic E-state index is -1.35. The number of carbonyl (C=O) groups is 1. The fourth-order valence-electron chi connectivity index (χ4n) is 1.64. The van der Waals surface area contributed by atoms with E-state index in [0.29, 0.717) is 0 Å². The summed E-state index contributed by atoms with van der Waals surface area (Å²) < 4.78 is 6.04. The SMILES string of the molecule is CC(C)=O.Nc1ncn([C@@H]2O[C@H](CO)[C@@H](O)[C@H]2O)c(=O)n1. The van der Waals surface area contributed by atoms with E-state index in [9.17, 15) is 19.8 Å². The summed E-state index contributed by atoms with van der Waals surface area (Å²) in [6, 6.07) is 0. The number of Topliss-reactive ketones (excluding diaryl/α,β-unsaturated/α-hetero) is 1. The van der Waals surface area contributed by atoms with E-state index in [2.05, 4.69) is 9.97 Å². The molecule has 118 valence electrons. The van der Waals surface area contributed by atoms with Gasteiger partial charge in [0.25, 0.3) is 0 Å². The molecule has 1 fully saturated rings. The fraction of sp³-hybridized carbons (Fsp3) is 0.636. The zero-order valence-corrected chi connectivity index (χ0v) is 11.6. The van der Waals surface area contributed by atoms with Crippen LogP contribution in [0.2, 0.25) is 0 Å². The van der Waals surface area contributed by atoms with Crippen molar-refractivity contribution in [2.45, 2.75) is 38.4 Å². The van der Waals surface area contributed by atoms with Crippen molar-refractivity contribution in [3.05, 3.63) is 16.8 Å². The van der Waals surface area contributed by atoms with E-state index in [1.807, 2.05) is 0 Å². The molecule has 0 aliphatic carbocycles. The van der Waals surface area contributed by atoms with Crippen molar-refractivity contribution >= 4 is 11.7 Å². The van der Waals surface area contributed by atoms with Crippen molar-refractivity contribution in [1.82, 2.24) is 14.5 Å². The number of ketones is 1. The third-order valence-electron chi connectivity index (χ3n) is 2.54. The molecule has 2 heterocycles. The molecule has 1 saturated heterocycles. The second kappa shape index (κ2) is 7.22. The number of carbonyl (C=O) groups excluding carboxylic acids is 1. The van der Waals surface area contributed by atoms with Crippen LogP contribution >= 0.6 is 0 Å². The van der Waals surface area contributed by atoms with Crippen LogP contribution in [0.15, 0.2) is 11.1 Å². The van der Waals surface area contributed by atoms with Crippen LogP contribution in [0.4, 0.5) is 5.95 Å². The van der Waals surface area contributed by atoms with Gasteiger partial charge in [-0.25, -0.2) is 9.78 Å². The Morgan fingerprint density at radius 2 is 2.00 bits per heavy atom. The van der Waals surface area contributed by atoms with Crippen molar-refractivity contribution in [2.24, 2.45) is 0 Å². The first-order chi connectivity index (χ1) is 9.77. The average Bonchev–Trinajstić information content (AvgIpc) is 2.66. The van der Waals surface area contributed by atoms with Gasteiger partial charge in [-0.15, -0.1) is 0 Å². The van der Waals surface area contributed by atoms with Gasteiger partial charge in [0.05, 0.1) is 6.61 Å². The molecule has 4 atom stereocenters. The second-order valence-electron chi connectivity index (χ2n) is 4.54. The highest BCUT2D eigenvalue weighted by atomic mass is 16.6. The molecule has 1 aliphatic rings. The van der Waals surface area contributed by atoms with E-state index in [4.69, 9.17) is 15.6 Å². The first kappa shape index (κ1) is 17.2. The Kier molecular flexibility index (Phi) is 5.90. The second-order valence-corrected chi connectivity index (χ2v) is 4.54. The number of nitrogen functional groups attached to an aromatic ring is 1. The molecule has 1 aliphatic heterocycles. The van der Waals surface area contributed by atoms with Crippen LogP contribution in [-0.4, -0.2) is 60.6 Å². The van der Waals surface area contributed by atoms with E-state index >= 15 is 0 Å². The molecule has 0 aromatic carbocycles. The van der Waals surface area contributed by atoms with Gasteiger partial charge >= 0.3 is 5.69 Å². The van der Waals surface area contributed by atoms with Crippen LogP contribution in [0.1, 0.15) is 20.1 Å².